The molecule has 2 fully saturated rings. The summed E-state index contributed by atoms with van der Waals surface area (Å²) in [6, 6.07) is 8.61. The monoisotopic (exact) mass is 289 g/mol. The predicted octanol–water partition coefficient (Wildman–Crippen LogP) is 3.10. The topological polar surface area (TPSA) is 29.1 Å². The first kappa shape index (κ1) is 12.7. The Morgan fingerprint density at radius 3 is 2.90 bits per heavy atom. The van der Waals surface area contributed by atoms with E-state index in [-0.39, 0.29) is 17.2 Å². The summed E-state index contributed by atoms with van der Waals surface area (Å²) in [7, 11) is 0. The van der Waals surface area contributed by atoms with Crippen LogP contribution in [-0.2, 0) is 11.2 Å². The molecule has 0 bridgehead atoms. The van der Waals surface area contributed by atoms with Crippen LogP contribution in [-0.4, -0.2) is 17.8 Å². The highest BCUT2D eigenvalue weighted by Gasteiger charge is 2.56. The number of hydrogen-bond donors (Lipinski definition) is 1. The third kappa shape index (κ3) is 2.14. The Morgan fingerprint density at radius 1 is 1.30 bits per heavy atom. The van der Waals surface area contributed by atoms with Crippen LogP contribution in [0.2, 0.25) is 0 Å². The Balaban J connectivity index is 1.40. The van der Waals surface area contributed by atoms with E-state index in [4.69, 9.17) is 11.6 Å². The quantitative estimate of drug-likeness (QED) is 0.848. The lowest BCUT2D eigenvalue weighted by Crippen LogP contribution is -2.32. The molecule has 0 radical (unpaired) electrons. The minimum absolute atomic E-state index is 0.131. The van der Waals surface area contributed by atoms with Crippen LogP contribution in [0.1, 0.15) is 36.3 Å². The van der Waals surface area contributed by atoms with Crippen molar-refractivity contribution in [2.75, 3.05) is 6.54 Å². The molecule has 3 aliphatic rings. The van der Waals surface area contributed by atoms with Crippen molar-refractivity contribution in [3.63, 3.8) is 0 Å². The Kier molecular flexibility index (Phi) is 3.03. The van der Waals surface area contributed by atoms with Crippen molar-refractivity contribution in [3.05, 3.63) is 35.4 Å². The van der Waals surface area contributed by atoms with Gasteiger partial charge in [0.25, 0.3) is 0 Å². The number of hydrogen-bond acceptors (Lipinski definition) is 1. The van der Waals surface area contributed by atoms with Gasteiger partial charge in [-0.15, -0.1) is 11.6 Å². The van der Waals surface area contributed by atoms with E-state index in [0.717, 1.165) is 12.8 Å². The fourth-order valence-corrected chi connectivity index (χ4v) is 4.19. The lowest BCUT2D eigenvalue weighted by molar-refractivity contribution is -0.122. The van der Waals surface area contributed by atoms with Crippen molar-refractivity contribution >= 4 is 17.5 Å². The van der Waals surface area contributed by atoms with Gasteiger partial charge in [0.15, 0.2) is 0 Å². The minimum atomic E-state index is 0.131. The van der Waals surface area contributed by atoms with Gasteiger partial charge in [-0.1, -0.05) is 24.3 Å². The van der Waals surface area contributed by atoms with Crippen molar-refractivity contribution in [1.82, 2.24) is 5.32 Å². The van der Waals surface area contributed by atoms with Crippen molar-refractivity contribution in [1.29, 1.82) is 0 Å². The number of halogens is 1. The molecule has 1 amide bonds. The van der Waals surface area contributed by atoms with Gasteiger partial charge in [-0.05, 0) is 54.6 Å². The summed E-state index contributed by atoms with van der Waals surface area (Å²) in [6.07, 6.45) is 4.74. The maximum Gasteiger partial charge on any atom is 0.224 e. The Morgan fingerprint density at radius 2 is 2.10 bits per heavy atom. The molecule has 20 heavy (non-hydrogen) atoms. The SMILES string of the molecule is O=C(NCC(Cl)C1CC1)C1C2CCc3ccccc3C21. The second-order valence-corrected chi connectivity index (χ2v) is 7.11. The molecular weight excluding hydrogens is 270 g/mol. The molecule has 1 aromatic carbocycles. The second-order valence-electron chi connectivity index (χ2n) is 6.55. The molecule has 0 aromatic heterocycles. The van der Waals surface area contributed by atoms with Crippen LogP contribution in [0.3, 0.4) is 0 Å². The molecule has 4 atom stereocenters. The van der Waals surface area contributed by atoms with E-state index in [0.29, 0.717) is 24.3 Å². The van der Waals surface area contributed by atoms with E-state index in [1.54, 1.807) is 0 Å². The number of aryl methyl sites for hydroxylation is 1. The summed E-state index contributed by atoms with van der Waals surface area (Å²) in [6.45, 7) is 0.642. The largest absolute Gasteiger partial charge is 0.354 e. The van der Waals surface area contributed by atoms with Gasteiger partial charge >= 0.3 is 0 Å². The number of amides is 1. The molecular formula is C17H20ClNO. The molecule has 3 aliphatic carbocycles. The van der Waals surface area contributed by atoms with E-state index in [1.807, 2.05) is 0 Å². The number of alkyl halides is 1. The summed E-state index contributed by atoms with van der Waals surface area (Å²) in [5.74, 6) is 2.10. The number of rotatable bonds is 4. The molecule has 0 heterocycles. The van der Waals surface area contributed by atoms with Gasteiger partial charge in [-0.25, -0.2) is 0 Å². The van der Waals surface area contributed by atoms with Gasteiger partial charge in [-0.2, -0.15) is 0 Å². The molecule has 4 rings (SSSR count). The van der Waals surface area contributed by atoms with E-state index >= 15 is 0 Å². The van der Waals surface area contributed by atoms with Gasteiger partial charge in [-0.3, -0.25) is 4.79 Å². The van der Waals surface area contributed by atoms with Crippen molar-refractivity contribution in [2.24, 2.45) is 17.8 Å². The van der Waals surface area contributed by atoms with Crippen molar-refractivity contribution in [3.8, 4) is 0 Å². The van der Waals surface area contributed by atoms with Gasteiger partial charge in [0.1, 0.15) is 0 Å². The van der Waals surface area contributed by atoms with Gasteiger partial charge < -0.3 is 5.32 Å². The maximum absolute atomic E-state index is 12.4. The Labute approximate surface area is 124 Å². The second kappa shape index (κ2) is 4.77. The highest BCUT2D eigenvalue weighted by Crippen LogP contribution is 2.59. The summed E-state index contributed by atoms with van der Waals surface area (Å²) in [4.78, 5) is 12.4. The fraction of sp³-hybridized carbons (Fsp3) is 0.588. The summed E-state index contributed by atoms with van der Waals surface area (Å²) < 4.78 is 0. The van der Waals surface area contributed by atoms with Gasteiger partial charge in [0.2, 0.25) is 5.91 Å². The number of benzene rings is 1. The fourth-order valence-electron chi connectivity index (χ4n) is 3.86. The standard InChI is InChI=1S/C17H20ClNO/c18-14(11-5-6-11)9-19-17(20)16-13-8-7-10-3-1-2-4-12(10)15(13)16/h1-4,11,13-16H,5-9H2,(H,19,20). The zero-order chi connectivity index (χ0) is 13.7. The zero-order valence-corrected chi connectivity index (χ0v) is 12.3. The minimum Gasteiger partial charge on any atom is -0.354 e. The predicted molar refractivity (Wildman–Crippen MR) is 79.9 cm³/mol. The van der Waals surface area contributed by atoms with Crippen LogP contribution in [0, 0.1) is 17.8 Å². The van der Waals surface area contributed by atoms with E-state index < -0.39 is 0 Å². The first-order valence-electron chi connectivity index (χ1n) is 7.75. The summed E-state index contributed by atoms with van der Waals surface area (Å²) >= 11 is 6.27. The highest BCUT2D eigenvalue weighted by molar-refractivity contribution is 6.21. The molecule has 2 saturated carbocycles. The summed E-state index contributed by atoms with van der Waals surface area (Å²) in [5, 5.41) is 3.21. The molecule has 0 saturated heterocycles. The third-order valence-corrected chi connectivity index (χ3v) is 5.75. The molecule has 2 nitrogen and oxygen atoms in total. The molecule has 0 aliphatic heterocycles. The van der Waals surface area contributed by atoms with Crippen molar-refractivity contribution in [2.45, 2.75) is 37.0 Å². The number of nitrogens with one attached hydrogen (secondary N) is 1. The first-order chi connectivity index (χ1) is 9.75. The zero-order valence-electron chi connectivity index (χ0n) is 11.5. The molecule has 1 N–H and O–H groups in total. The Bertz CT molecular complexity index is 540. The lowest BCUT2D eigenvalue weighted by atomic mass is 9.92. The third-order valence-electron chi connectivity index (χ3n) is 5.24. The normalized spacial score (nSPS) is 31.9. The van der Waals surface area contributed by atoms with Gasteiger partial charge in [0.05, 0.1) is 5.38 Å². The molecule has 4 unspecified atom stereocenters. The first-order valence-corrected chi connectivity index (χ1v) is 8.19. The number of carbonyl (C=O) groups is 1. The number of fused-ring (bicyclic) bond motifs is 3. The lowest BCUT2D eigenvalue weighted by Gasteiger charge is -2.13. The average molecular weight is 290 g/mol. The van der Waals surface area contributed by atoms with Crippen LogP contribution in [0.25, 0.3) is 0 Å². The average Bonchev–Trinajstić information content (AvgIpc) is 3.37. The van der Waals surface area contributed by atoms with E-state index in [9.17, 15) is 4.79 Å². The van der Waals surface area contributed by atoms with E-state index in [2.05, 4.69) is 29.6 Å². The van der Waals surface area contributed by atoms with Gasteiger partial charge in [0, 0.05) is 12.5 Å². The van der Waals surface area contributed by atoms with E-state index in [1.165, 1.54) is 24.0 Å². The van der Waals surface area contributed by atoms with Crippen molar-refractivity contribution < 1.29 is 4.79 Å². The van der Waals surface area contributed by atoms with Crippen LogP contribution in [0.5, 0.6) is 0 Å². The van der Waals surface area contributed by atoms with Crippen LogP contribution >= 0.6 is 11.6 Å². The summed E-state index contributed by atoms with van der Waals surface area (Å²) in [5.41, 5.74) is 2.85. The maximum atomic E-state index is 12.4. The molecule has 1 aromatic rings. The van der Waals surface area contributed by atoms with Crippen LogP contribution in [0.4, 0.5) is 0 Å². The number of carbonyl (C=O) groups excluding carboxylic acids is 1. The molecule has 106 valence electrons. The highest BCUT2D eigenvalue weighted by atomic mass is 35.5. The smallest absolute Gasteiger partial charge is 0.224 e. The van der Waals surface area contributed by atoms with Crippen LogP contribution in [0.15, 0.2) is 24.3 Å². The Hall–Kier alpha value is -1.02. The van der Waals surface area contributed by atoms with Crippen LogP contribution < -0.4 is 5.32 Å². The molecule has 0 spiro atoms. The molecule has 3 heteroatoms.